The van der Waals surface area contributed by atoms with Crippen molar-refractivity contribution in [2.75, 3.05) is 53.5 Å². The quantitative estimate of drug-likeness (QED) is 0.0403. The van der Waals surface area contributed by atoms with E-state index in [9.17, 15) is 28.8 Å². The second kappa shape index (κ2) is 26.8. The predicted octanol–water partition coefficient (Wildman–Crippen LogP) is 5.99. The van der Waals surface area contributed by atoms with Crippen molar-refractivity contribution in [3.63, 3.8) is 0 Å². The Balaban J connectivity index is 3.01. The van der Waals surface area contributed by atoms with Crippen molar-refractivity contribution in [1.82, 2.24) is 31.5 Å². The lowest BCUT2D eigenvalue weighted by Crippen LogP contribution is -2.44. The number of amides is 6. The molecule has 368 valence electrons. The fourth-order valence-electron chi connectivity index (χ4n) is 5.02. The van der Waals surface area contributed by atoms with Gasteiger partial charge < -0.3 is 55.0 Å². The summed E-state index contributed by atoms with van der Waals surface area (Å²) in [5.41, 5.74) is 2.71. The highest BCUT2D eigenvalue weighted by Gasteiger charge is 2.24. The minimum Gasteiger partial charge on any atom is -0.493 e. The lowest BCUT2D eigenvalue weighted by atomic mass is 10.1. The average molecular weight is 922 g/mol. The molecule has 0 unspecified atom stereocenters. The molecule has 21 heteroatoms. The van der Waals surface area contributed by atoms with Gasteiger partial charge in [0.05, 0.1) is 24.3 Å². The van der Waals surface area contributed by atoms with E-state index < -0.39 is 58.6 Å². The Bertz CT molecular complexity index is 1810. The van der Waals surface area contributed by atoms with Crippen molar-refractivity contribution >= 4 is 48.1 Å². The Labute approximate surface area is 384 Å². The Kier molecular flexibility index (Phi) is 23.6. The zero-order valence-corrected chi connectivity index (χ0v) is 41.0. The number of unbranched alkanes of at least 4 members (excludes halogenated alkanes) is 4. The SMILES string of the molecule is CN(C)CCNC(=O)c1cc(C(N)=O)c(OCCCCCN/C(=N\C(=O)OC(C)(C)C)NC(=O)OC(C)(C)C)cc1OCCCCCN/C(=N\C(=O)OC(C)(C)C)NC(=O)OC(C)(C)C. The second-order valence-electron chi connectivity index (χ2n) is 19.1. The van der Waals surface area contributed by atoms with Gasteiger partial charge in [-0.05, 0) is 142 Å². The van der Waals surface area contributed by atoms with Gasteiger partial charge in [-0.15, -0.1) is 9.98 Å². The van der Waals surface area contributed by atoms with E-state index in [1.807, 2.05) is 19.0 Å². The first-order valence-corrected chi connectivity index (χ1v) is 21.7. The van der Waals surface area contributed by atoms with Gasteiger partial charge in [-0.1, -0.05) is 0 Å². The summed E-state index contributed by atoms with van der Waals surface area (Å²) in [5.74, 6) is -1.18. The third-order valence-electron chi connectivity index (χ3n) is 7.61. The summed E-state index contributed by atoms with van der Waals surface area (Å²) in [4.78, 5) is 85.1. The van der Waals surface area contributed by atoms with E-state index in [-0.39, 0.29) is 47.8 Å². The number of nitrogens with one attached hydrogen (secondary N) is 5. The van der Waals surface area contributed by atoms with Crippen LogP contribution < -0.4 is 41.8 Å². The molecule has 65 heavy (non-hydrogen) atoms. The first-order valence-electron chi connectivity index (χ1n) is 21.7. The van der Waals surface area contributed by atoms with Crippen LogP contribution in [0.4, 0.5) is 19.2 Å². The molecule has 6 amide bonds. The number of carbonyl (C=O) groups excluding carboxylic acids is 6. The number of aliphatic imine (C=N–C) groups is 2. The van der Waals surface area contributed by atoms with Crippen LogP contribution in [0.25, 0.3) is 0 Å². The van der Waals surface area contributed by atoms with E-state index in [0.717, 1.165) is 0 Å². The number of carbonyl (C=O) groups is 6. The molecule has 0 saturated carbocycles. The fraction of sp³-hybridized carbons (Fsp3) is 0.682. The molecular weight excluding hydrogens is 847 g/mol. The van der Waals surface area contributed by atoms with Crippen LogP contribution in [0.3, 0.4) is 0 Å². The van der Waals surface area contributed by atoms with Gasteiger partial charge in [-0.2, -0.15) is 0 Å². The fourth-order valence-corrected chi connectivity index (χ4v) is 5.02. The zero-order chi connectivity index (χ0) is 49.6. The molecule has 0 heterocycles. The van der Waals surface area contributed by atoms with Crippen LogP contribution in [0.15, 0.2) is 22.1 Å². The molecule has 21 nitrogen and oxygen atoms in total. The van der Waals surface area contributed by atoms with Gasteiger partial charge in [0.1, 0.15) is 33.9 Å². The summed E-state index contributed by atoms with van der Waals surface area (Å²) in [6.07, 6.45) is 0.104. The maximum atomic E-state index is 13.4. The molecule has 0 aromatic heterocycles. The van der Waals surface area contributed by atoms with Crippen LogP contribution in [0, 0.1) is 0 Å². The second-order valence-corrected chi connectivity index (χ2v) is 19.1. The molecule has 0 saturated heterocycles. The number of likely N-dealkylation sites (N-methyl/N-ethyl adjacent to an activating group) is 1. The van der Waals surface area contributed by atoms with E-state index in [0.29, 0.717) is 64.7 Å². The Morgan fingerprint density at radius 2 is 0.938 bits per heavy atom. The predicted molar refractivity (Wildman–Crippen MR) is 247 cm³/mol. The van der Waals surface area contributed by atoms with Gasteiger partial charge >= 0.3 is 24.4 Å². The maximum absolute atomic E-state index is 13.4. The van der Waals surface area contributed by atoms with E-state index >= 15 is 0 Å². The van der Waals surface area contributed by atoms with Crippen molar-refractivity contribution in [1.29, 1.82) is 0 Å². The summed E-state index contributed by atoms with van der Waals surface area (Å²) in [6, 6.07) is 2.84. The van der Waals surface area contributed by atoms with Crippen molar-refractivity contribution in [2.24, 2.45) is 15.7 Å². The van der Waals surface area contributed by atoms with E-state index in [1.54, 1.807) is 83.1 Å². The third kappa shape index (κ3) is 28.5. The number of benzene rings is 1. The topological polar surface area (TPSA) is 272 Å². The van der Waals surface area contributed by atoms with Gasteiger partial charge in [0.25, 0.3) is 11.8 Å². The number of nitrogens with two attached hydrogens (primary N) is 1. The van der Waals surface area contributed by atoms with Gasteiger partial charge in [0, 0.05) is 32.2 Å². The standard InChI is InChI=1S/C44H75N9O12/c1-41(2,3)62-37(56)49-35(50-38(57)63-42(4,5)6)47-21-17-15-19-25-60-31-28-32(30(27-29(31)33(45)54)34(55)46-23-24-53(13)14)61-26-20-16-18-22-48-36(51-39(58)64-43(7,8)9)52-40(59)65-44(10,11)12/h27-28H,15-26H2,1-14H3,(H2,45,54)(H,46,55)(H2,47,49,50,56,57)(H2,48,51,52,58,59). The Morgan fingerprint density at radius 1 is 0.538 bits per heavy atom. The molecular formula is C44H75N9O12. The Hall–Kier alpha value is -5.86. The van der Waals surface area contributed by atoms with Crippen molar-refractivity contribution in [3.05, 3.63) is 23.3 Å². The summed E-state index contributed by atoms with van der Waals surface area (Å²) in [6.45, 7) is 22.3. The smallest absolute Gasteiger partial charge is 0.437 e. The van der Waals surface area contributed by atoms with Crippen LogP contribution in [-0.2, 0) is 18.9 Å². The minimum atomic E-state index is -0.892. The number of hydrogen-bond acceptors (Lipinski definition) is 13. The van der Waals surface area contributed by atoms with Gasteiger partial charge in [0.2, 0.25) is 11.9 Å². The highest BCUT2D eigenvalue weighted by molar-refractivity contribution is 6.03. The molecule has 0 aliphatic heterocycles. The van der Waals surface area contributed by atoms with Crippen LogP contribution in [0.5, 0.6) is 11.5 Å². The molecule has 1 aromatic carbocycles. The molecule has 0 aliphatic carbocycles. The molecule has 1 aromatic rings. The summed E-state index contributed by atoms with van der Waals surface area (Å²) < 4.78 is 33.2. The molecule has 0 bridgehead atoms. The molecule has 0 aliphatic rings. The van der Waals surface area contributed by atoms with Crippen molar-refractivity contribution in [2.45, 2.75) is 144 Å². The number of primary amides is 1. The number of nitrogens with zero attached hydrogens (tertiary/aromatic N) is 3. The van der Waals surface area contributed by atoms with Crippen LogP contribution in [0.1, 0.15) is 142 Å². The van der Waals surface area contributed by atoms with Crippen LogP contribution in [-0.4, -0.2) is 129 Å². The molecule has 0 radical (unpaired) electrons. The lowest BCUT2D eigenvalue weighted by molar-refractivity contribution is 0.0542. The summed E-state index contributed by atoms with van der Waals surface area (Å²) in [7, 11) is 3.75. The number of ether oxygens (including phenoxy) is 6. The van der Waals surface area contributed by atoms with Crippen LogP contribution in [0.2, 0.25) is 0 Å². The highest BCUT2D eigenvalue weighted by atomic mass is 16.6. The number of guanidine groups is 2. The minimum absolute atomic E-state index is 0.00269. The van der Waals surface area contributed by atoms with Crippen LogP contribution >= 0.6 is 0 Å². The molecule has 0 fully saturated rings. The highest BCUT2D eigenvalue weighted by Crippen LogP contribution is 2.30. The zero-order valence-electron chi connectivity index (χ0n) is 41.0. The third-order valence-corrected chi connectivity index (χ3v) is 7.61. The van der Waals surface area contributed by atoms with Gasteiger partial charge in [-0.25, -0.2) is 19.2 Å². The number of hydrogen-bond donors (Lipinski definition) is 6. The normalized spacial score (nSPS) is 12.4. The average Bonchev–Trinajstić information content (AvgIpc) is 3.10. The van der Waals surface area contributed by atoms with E-state index in [1.165, 1.54) is 12.1 Å². The molecule has 1 rings (SSSR count). The van der Waals surface area contributed by atoms with Gasteiger partial charge in [0.15, 0.2) is 0 Å². The molecule has 7 N–H and O–H groups in total. The number of rotatable bonds is 19. The monoisotopic (exact) mass is 922 g/mol. The lowest BCUT2D eigenvalue weighted by Gasteiger charge is -2.21. The first kappa shape index (κ1) is 57.2. The first-order chi connectivity index (χ1) is 29.9. The van der Waals surface area contributed by atoms with E-state index in [4.69, 9.17) is 34.2 Å². The summed E-state index contributed by atoms with van der Waals surface area (Å²) in [5, 5.41) is 13.6. The number of alkyl carbamates (subject to hydrolysis) is 2. The Morgan fingerprint density at radius 3 is 1.31 bits per heavy atom. The van der Waals surface area contributed by atoms with Crippen molar-refractivity contribution in [3.8, 4) is 11.5 Å². The summed E-state index contributed by atoms with van der Waals surface area (Å²) >= 11 is 0. The molecule has 0 spiro atoms. The molecule has 0 atom stereocenters. The van der Waals surface area contributed by atoms with Crippen molar-refractivity contribution < 1.29 is 57.2 Å². The van der Waals surface area contributed by atoms with Gasteiger partial charge in [-0.3, -0.25) is 20.2 Å². The maximum Gasteiger partial charge on any atom is 0.437 e. The van der Waals surface area contributed by atoms with E-state index in [2.05, 4.69) is 36.6 Å². The largest absolute Gasteiger partial charge is 0.493 e.